The van der Waals surface area contributed by atoms with Crippen LogP contribution in [0.15, 0.2) is 119 Å². The summed E-state index contributed by atoms with van der Waals surface area (Å²) in [5.41, 5.74) is 1.24. The van der Waals surface area contributed by atoms with E-state index >= 15 is 0 Å². The number of hydrogen-bond acceptors (Lipinski definition) is 6. The largest absolute Gasteiger partial charge is 0.350 e. The molecule has 0 bridgehead atoms. The van der Waals surface area contributed by atoms with E-state index in [9.17, 15) is 26.4 Å². The maximum absolute atomic E-state index is 13.1. The average molecular weight is 621 g/mol. The maximum Gasteiger partial charge on any atom is 0.264 e. The smallest absolute Gasteiger partial charge is 0.264 e. The van der Waals surface area contributed by atoms with Gasteiger partial charge >= 0.3 is 0 Å². The van der Waals surface area contributed by atoms with Gasteiger partial charge in [0.25, 0.3) is 31.9 Å². The molecule has 0 saturated carbocycles. The molecule has 4 aromatic carbocycles. The van der Waals surface area contributed by atoms with Gasteiger partial charge in [0.2, 0.25) is 0 Å². The van der Waals surface area contributed by atoms with Gasteiger partial charge in [-0.05, 0) is 67.6 Å². The van der Waals surface area contributed by atoms with Crippen LogP contribution in [0.5, 0.6) is 0 Å². The van der Waals surface area contributed by atoms with E-state index < -0.39 is 37.9 Å². The molecule has 0 radical (unpaired) electrons. The number of para-hydroxylation sites is 2. The van der Waals surface area contributed by atoms with Crippen LogP contribution in [-0.4, -0.2) is 55.3 Å². The fraction of sp³-hybridized carbons (Fsp3) is 0.161. The molecule has 43 heavy (non-hydrogen) atoms. The number of rotatable bonds is 11. The highest BCUT2D eigenvalue weighted by Gasteiger charge is 2.24. The number of sulfonamides is 2. The average Bonchev–Trinajstić information content (AvgIpc) is 3.03. The van der Waals surface area contributed by atoms with E-state index in [2.05, 4.69) is 10.6 Å². The molecule has 0 fully saturated rings. The van der Waals surface area contributed by atoms with Crippen molar-refractivity contribution < 1.29 is 26.4 Å². The Balaban J connectivity index is 1.38. The number of anilines is 2. The molecule has 4 aromatic rings. The zero-order valence-electron chi connectivity index (χ0n) is 23.8. The van der Waals surface area contributed by atoms with E-state index in [1.165, 1.54) is 62.6 Å². The number of carbonyl (C=O) groups is 2. The summed E-state index contributed by atoms with van der Waals surface area (Å²) in [6.45, 7) is 1.72. The third-order valence-electron chi connectivity index (χ3n) is 6.70. The molecule has 0 aliphatic carbocycles. The van der Waals surface area contributed by atoms with Crippen molar-refractivity contribution in [3.8, 4) is 0 Å². The van der Waals surface area contributed by atoms with Crippen LogP contribution in [0.2, 0.25) is 0 Å². The normalized spacial score (nSPS) is 12.2. The first-order valence-electron chi connectivity index (χ1n) is 13.3. The number of carbonyl (C=O) groups excluding carboxylic acids is 2. The van der Waals surface area contributed by atoms with Crippen molar-refractivity contribution in [1.82, 2.24) is 10.6 Å². The van der Waals surface area contributed by atoms with Crippen LogP contribution < -0.4 is 19.2 Å². The Hall–Kier alpha value is -4.68. The van der Waals surface area contributed by atoms with E-state index in [1.807, 2.05) is 0 Å². The van der Waals surface area contributed by atoms with Crippen LogP contribution in [0, 0.1) is 0 Å². The van der Waals surface area contributed by atoms with Gasteiger partial charge in [-0.2, -0.15) is 0 Å². The van der Waals surface area contributed by atoms with Crippen molar-refractivity contribution in [3.63, 3.8) is 0 Å². The number of nitrogens with one attached hydrogen (secondary N) is 2. The summed E-state index contributed by atoms with van der Waals surface area (Å²) in [5, 5.41) is 5.45. The van der Waals surface area contributed by atoms with Crippen molar-refractivity contribution >= 4 is 43.2 Å². The predicted octanol–water partition coefficient (Wildman–Crippen LogP) is 3.89. The van der Waals surface area contributed by atoms with Gasteiger partial charge in [-0.25, -0.2) is 16.8 Å². The summed E-state index contributed by atoms with van der Waals surface area (Å²) >= 11 is 0. The first-order chi connectivity index (χ1) is 20.4. The van der Waals surface area contributed by atoms with Gasteiger partial charge in [-0.15, -0.1) is 0 Å². The number of benzene rings is 4. The minimum atomic E-state index is -3.91. The van der Waals surface area contributed by atoms with Crippen LogP contribution >= 0.6 is 0 Å². The molecule has 10 nitrogen and oxygen atoms in total. The van der Waals surface area contributed by atoms with E-state index in [1.54, 1.807) is 67.6 Å². The van der Waals surface area contributed by atoms with Crippen LogP contribution in [-0.2, 0) is 20.0 Å². The lowest BCUT2D eigenvalue weighted by Crippen LogP contribution is -2.42. The Labute approximate surface area is 252 Å². The van der Waals surface area contributed by atoms with Gasteiger partial charge in [0, 0.05) is 37.8 Å². The van der Waals surface area contributed by atoms with Gasteiger partial charge < -0.3 is 10.6 Å². The Morgan fingerprint density at radius 1 is 0.628 bits per heavy atom. The zero-order valence-corrected chi connectivity index (χ0v) is 25.5. The molecule has 1 atom stereocenters. The molecule has 0 aliphatic rings. The second kappa shape index (κ2) is 13.1. The first kappa shape index (κ1) is 31.3. The Morgan fingerprint density at radius 2 is 1.05 bits per heavy atom. The summed E-state index contributed by atoms with van der Waals surface area (Å²) < 4.78 is 54.8. The van der Waals surface area contributed by atoms with Gasteiger partial charge in [-0.3, -0.25) is 18.2 Å². The monoisotopic (exact) mass is 620 g/mol. The van der Waals surface area contributed by atoms with E-state index in [0.29, 0.717) is 11.4 Å². The highest BCUT2D eigenvalue weighted by Crippen LogP contribution is 2.23. The van der Waals surface area contributed by atoms with Gasteiger partial charge in [0.1, 0.15) is 0 Å². The molecule has 12 heteroatoms. The molecule has 2 N–H and O–H groups in total. The first-order valence-corrected chi connectivity index (χ1v) is 16.2. The third-order valence-corrected chi connectivity index (χ3v) is 10.3. The summed E-state index contributed by atoms with van der Waals surface area (Å²) in [7, 11) is -4.95. The maximum atomic E-state index is 13.1. The summed E-state index contributed by atoms with van der Waals surface area (Å²) in [5.74, 6) is -1.03. The highest BCUT2D eigenvalue weighted by atomic mass is 32.2. The predicted molar refractivity (Wildman–Crippen MR) is 166 cm³/mol. The SMILES string of the molecule is CC(CNC(=O)c1cccc(S(=O)(=O)N(C)c2ccccc2)c1)NC(=O)c1cccc(S(=O)(=O)N(C)c2ccccc2)c1. The Morgan fingerprint density at radius 3 is 1.49 bits per heavy atom. The highest BCUT2D eigenvalue weighted by molar-refractivity contribution is 7.93. The van der Waals surface area contributed by atoms with Crippen molar-refractivity contribution in [1.29, 1.82) is 0 Å². The van der Waals surface area contributed by atoms with E-state index in [0.717, 1.165) is 8.61 Å². The second-order valence-electron chi connectivity index (χ2n) is 9.76. The Bertz CT molecular complexity index is 1820. The van der Waals surface area contributed by atoms with Crippen LogP contribution in [0.3, 0.4) is 0 Å². The summed E-state index contributed by atoms with van der Waals surface area (Å²) in [6.07, 6.45) is 0. The van der Waals surface area contributed by atoms with E-state index in [-0.39, 0.29) is 27.5 Å². The lowest BCUT2D eigenvalue weighted by atomic mass is 10.2. The minimum Gasteiger partial charge on any atom is -0.350 e. The van der Waals surface area contributed by atoms with Gasteiger partial charge in [-0.1, -0.05) is 48.5 Å². The molecular weight excluding hydrogens is 588 g/mol. The molecule has 4 rings (SSSR count). The molecular formula is C31H32N4O6S2. The molecule has 2 amide bonds. The molecule has 224 valence electrons. The fourth-order valence-electron chi connectivity index (χ4n) is 4.17. The molecule has 0 spiro atoms. The molecule has 0 heterocycles. The van der Waals surface area contributed by atoms with E-state index in [4.69, 9.17) is 0 Å². The van der Waals surface area contributed by atoms with Crippen molar-refractivity contribution in [2.45, 2.75) is 22.8 Å². The molecule has 0 aliphatic heterocycles. The van der Waals surface area contributed by atoms with Crippen molar-refractivity contribution in [2.75, 3.05) is 29.3 Å². The minimum absolute atomic E-state index is 0.0411. The second-order valence-corrected chi connectivity index (χ2v) is 13.7. The number of amides is 2. The van der Waals surface area contributed by atoms with Gasteiger partial charge in [0.05, 0.1) is 21.2 Å². The number of hydrogen-bond donors (Lipinski definition) is 2. The van der Waals surface area contributed by atoms with Gasteiger partial charge in [0.15, 0.2) is 0 Å². The van der Waals surface area contributed by atoms with Crippen LogP contribution in [0.1, 0.15) is 27.6 Å². The number of nitrogens with zero attached hydrogens (tertiary/aromatic N) is 2. The van der Waals surface area contributed by atoms with Crippen LogP contribution in [0.4, 0.5) is 11.4 Å². The zero-order chi connectivity index (χ0) is 31.2. The summed E-state index contributed by atoms with van der Waals surface area (Å²) in [4.78, 5) is 25.7. The van der Waals surface area contributed by atoms with Crippen molar-refractivity contribution in [2.24, 2.45) is 0 Å². The molecule has 0 saturated heterocycles. The van der Waals surface area contributed by atoms with Crippen molar-refractivity contribution in [3.05, 3.63) is 120 Å². The standard InChI is InChI=1S/C31H32N4O6S2/c1-23(33-31(37)25-13-11-19-29(21-25)43(40,41)35(3)27-16-8-5-9-17-27)22-32-30(36)24-12-10-18-28(20-24)42(38,39)34(2)26-14-6-4-7-15-26/h4-21,23H,22H2,1-3H3,(H,32,36)(H,33,37). The quantitative estimate of drug-likeness (QED) is 0.262. The lowest BCUT2D eigenvalue weighted by molar-refractivity contribution is 0.0912. The molecule has 1 unspecified atom stereocenters. The Kier molecular flexibility index (Phi) is 9.52. The molecule has 0 aromatic heterocycles. The topological polar surface area (TPSA) is 133 Å². The lowest BCUT2D eigenvalue weighted by Gasteiger charge is -2.20. The summed E-state index contributed by atoms with van der Waals surface area (Å²) in [6, 6.07) is 28.0. The third kappa shape index (κ3) is 7.22. The fourth-order valence-corrected chi connectivity index (χ4v) is 6.66. The van der Waals surface area contributed by atoms with Crippen LogP contribution in [0.25, 0.3) is 0 Å².